The number of pyridine rings is 2. The van der Waals surface area contributed by atoms with E-state index in [4.69, 9.17) is 10.7 Å². The van der Waals surface area contributed by atoms with E-state index in [2.05, 4.69) is 22.0 Å². The summed E-state index contributed by atoms with van der Waals surface area (Å²) in [5, 5.41) is 1.12. The Morgan fingerprint density at radius 2 is 1.90 bits per heavy atom. The van der Waals surface area contributed by atoms with Crippen molar-refractivity contribution in [2.75, 3.05) is 11.9 Å². The van der Waals surface area contributed by atoms with Gasteiger partial charge in [0.1, 0.15) is 5.82 Å². The van der Waals surface area contributed by atoms with Crippen molar-refractivity contribution in [1.29, 1.82) is 0 Å². The lowest BCUT2D eigenvalue weighted by Gasteiger charge is -2.19. The van der Waals surface area contributed by atoms with Gasteiger partial charge in [-0.3, -0.25) is 4.98 Å². The molecule has 0 atom stereocenters. The summed E-state index contributed by atoms with van der Waals surface area (Å²) in [5.74, 6) is 0.916. The lowest BCUT2D eigenvalue weighted by Crippen LogP contribution is -2.19. The van der Waals surface area contributed by atoms with E-state index in [1.54, 1.807) is 0 Å². The molecule has 4 heteroatoms. The second-order valence-electron chi connectivity index (χ2n) is 5.04. The fourth-order valence-electron chi connectivity index (χ4n) is 2.41. The zero-order valence-corrected chi connectivity index (χ0v) is 12.0. The molecule has 3 aromatic rings. The molecule has 0 aliphatic carbocycles. The molecule has 2 N–H and O–H groups in total. The summed E-state index contributed by atoms with van der Waals surface area (Å²) < 4.78 is 0. The van der Waals surface area contributed by atoms with Gasteiger partial charge in [-0.2, -0.15) is 0 Å². The molecule has 1 aromatic carbocycles. The third kappa shape index (κ3) is 2.85. The summed E-state index contributed by atoms with van der Waals surface area (Å²) >= 11 is 0. The number of para-hydroxylation sites is 1. The highest BCUT2D eigenvalue weighted by Gasteiger charge is 2.09. The van der Waals surface area contributed by atoms with Gasteiger partial charge in [-0.1, -0.05) is 24.3 Å². The van der Waals surface area contributed by atoms with Crippen LogP contribution in [0.3, 0.4) is 0 Å². The van der Waals surface area contributed by atoms with Crippen molar-refractivity contribution in [3.8, 4) is 0 Å². The zero-order valence-electron chi connectivity index (χ0n) is 12.0. The summed E-state index contributed by atoms with van der Waals surface area (Å²) in [6.07, 6.45) is 1.81. The molecule has 2 heterocycles. The highest BCUT2D eigenvalue weighted by Crippen LogP contribution is 2.22. The lowest BCUT2D eigenvalue weighted by molar-refractivity contribution is 0.867. The first-order chi connectivity index (χ1) is 10.3. The second-order valence-corrected chi connectivity index (χ2v) is 5.04. The first-order valence-corrected chi connectivity index (χ1v) is 6.97. The van der Waals surface area contributed by atoms with Crippen LogP contribution >= 0.6 is 0 Å². The Morgan fingerprint density at radius 1 is 1.10 bits per heavy atom. The van der Waals surface area contributed by atoms with Gasteiger partial charge in [0.15, 0.2) is 0 Å². The molecule has 0 fully saturated rings. The van der Waals surface area contributed by atoms with Gasteiger partial charge in [-0.15, -0.1) is 0 Å². The normalized spacial score (nSPS) is 10.8. The average molecular weight is 278 g/mol. The van der Waals surface area contributed by atoms with Crippen molar-refractivity contribution >= 4 is 16.7 Å². The molecule has 0 aliphatic heterocycles. The van der Waals surface area contributed by atoms with E-state index >= 15 is 0 Å². The third-order valence-electron chi connectivity index (χ3n) is 3.52. The summed E-state index contributed by atoms with van der Waals surface area (Å²) in [6, 6.07) is 16.1. The standard InChI is InChI=1S/C17H18N4/c1-21(12-14-6-4-5-9-19-14)17-10-13(11-18)15-7-2-3-8-16(15)20-17/h2-10H,11-12,18H2,1H3. The number of anilines is 1. The van der Waals surface area contributed by atoms with Crippen molar-refractivity contribution in [3.63, 3.8) is 0 Å². The Balaban J connectivity index is 1.96. The maximum absolute atomic E-state index is 5.88. The van der Waals surface area contributed by atoms with Crippen molar-refractivity contribution in [2.24, 2.45) is 5.73 Å². The lowest BCUT2D eigenvalue weighted by atomic mass is 10.1. The Labute approximate surface area is 124 Å². The molecule has 0 aliphatic rings. The fourth-order valence-corrected chi connectivity index (χ4v) is 2.41. The van der Waals surface area contributed by atoms with Crippen LogP contribution in [0, 0.1) is 0 Å². The Hall–Kier alpha value is -2.46. The predicted molar refractivity (Wildman–Crippen MR) is 86.0 cm³/mol. The van der Waals surface area contributed by atoms with Gasteiger partial charge >= 0.3 is 0 Å². The molecule has 106 valence electrons. The quantitative estimate of drug-likeness (QED) is 0.797. The molecule has 0 saturated carbocycles. The monoisotopic (exact) mass is 278 g/mol. The second kappa shape index (κ2) is 5.89. The molecule has 0 amide bonds. The summed E-state index contributed by atoms with van der Waals surface area (Å²) in [6.45, 7) is 1.23. The van der Waals surface area contributed by atoms with Crippen LogP contribution < -0.4 is 10.6 Å². The van der Waals surface area contributed by atoms with Crippen LogP contribution in [0.1, 0.15) is 11.3 Å². The Kier molecular flexibility index (Phi) is 3.79. The van der Waals surface area contributed by atoms with Gasteiger partial charge in [0, 0.05) is 25.2 Å². The van der Waals surface area contributed by atoms with E-state index in [0.29, 0.717) is 6.54 Å². The van der Waals surface area contributed by atoms with Gasteiger partial charge in [0.25, 0.3) is 0 Å². The van der Waals surface area contributed by atoms with E-state index < -0.39 is 0 Å². The molecular weight excluding hydrogens is 260 g/mol. The molecule has 3 rings (SSSR count). The minimum Gasteiger partial charge on any atom is -0.354 e. The topological polar surface area (TPSA) is 55.0 Å². The van der Waals surface area contributed by atoms with Gasteiger partial charge in [0.05, 0.1) is 17.8 Å². The van der Waals surface area contributed by atoms with Crippen molar-refractivity contribution in [1.82, 2.24) is 9.97 Å². The molecule has 21 heavy (non-hydrogen) atoms. The van der Waals surface area contributed by atoms with Crippen LogP contribution in [0.5, 0.6) is 0 Å². The van der Waals surface area contributed by atoms with Crippen molar-refractivity contribution in [3.05, 3.63) is 66.0 Å². The van der Waals surface area contributed by atoms with Gasteiger partial charge < -0.3 is 10.6 Å². The van der Waals surface area contributed by atoms with E-state index in [0.717, 1.165) is 34.5 Å². The maximum Gasteiger partial charge on any atom is 0.129 e. The summed E-state index contributed by atoms with van der Waals surface area (Å²) in [7, 11) is 2.02. The number of hydrogen-bond donors (Lipinski definition) is 1. The van der Waals surface area contributed by atoms with E-state index in [9.17, 15) is 0 Å². The Morgan fingerprint density at radius 3 is 2.67 bits per heavy atom. The number of benzene rings is 1. The van der Waals surface area contributed by atoms with Crippen LogP contribution in [0.2, 0.25) is 0 Å². The molecule has 0 bridgehead atoms. The van der Waals surface area contributed by atoms with Crippen molar-refractivity contribution in [2.45, 2.75) is 13.1 Å². The average Bonchev–Trinajstić information content (AvgIpc) is 2.54. The SMILES string of the molecule is CN(Cc1ccccn1)c1cc(CN)c2ccccc2n1. The summed E-state index contributed by atoms with van der Waals surface area (Å²) in [4.78, 5) is 11.2. The van der Waals surface area contributed by atoms with Crippen LogP contribution in [0.4, 0.5) is 5.82 Å². The van der Waals surface area contributed by atoms with Crippen LogP contribution in [0.15, 0.2) is 54.7 Å². The number of rotatable bonds is 4. The molecular formula is C17H18N4. The van der Waals surface area contributed by atoms with Crippen LogP contribution in [-0.2, 0) is 13.1 Å². The number of fused-ring (bicyclic) bond motifs is 1. The molecule has 0 spiro atoms. The van der Waals surface area contributed by atoms with Crippen molar-refractivity contribution < 1.29 is 0 Å². The molecule has 0 saturated heterocycles. The smallest absolute Gasteiger partial charge is 0.129 e. The van der Waals surface area contributed by atoms with E-state index in [1.807, 2.05) is 49.6 Å². The van der Waals surface area contributed by atoms with Gasteiger partial charge in [-0.25, -0.2) is 4.98 Å². The number of aromatic nitrogens is 2. The highest BCUT2D eigenvalue weighted by atomic mass is 15.2. The predicted octanol–water partition coefficient (Wildman–Crippen LogP) is 2.72. The van der Waals surface area contributed by atoms with Crippen LogP contribution in [-0.4, -0.2) is 17.0 Å². The van der Waals surface area contributed by atoms with Crippen LogP contribution in [0.25, 0.3) is 10.9 Å². The third-order valence-corrected chi connectivity index (χ3v) is 3.52. The minimum atomic E-state index is 0.507. The van der Waals surface area contributed by atoms with Gasteiger partial charge in [0.2, 0.25) is 0 Å². The minimum absolute atomic E-state index is 0.507. The first kappa shape index (κ1) is 13.5. The molecule has 0 unspecified atom stereocenters. The van der Waals surface area contributed by atoms with Gasteiger partial charge in [-0.05, 0) is 29.8 Å². The summed E-state index contributed by atoms with van der Waals surface area (Å²) in [5.41, 5.74) is 8.99. The molecule has 0 radical (unpaired) electrons. The number of nitrogens with two attached hydrogens (primary N) is 1. The number of nitrogens with zero attached hydrogens (tertiary/aromatic N) is 3. The highest BCUT2D eigenvalue weighted by molar-refractivity contribution is 5.84. The Bertz CT molecular complexity index is 740. The zero-order chi connectivity index (χ0) is 14.7. The largest absolute Gasteiger partial charge is 0.354 e. The van der Waals surface area contributed by atoms with E-state index in [-0.39, 0.29) is 0 Å². The molecule has 4 nitrogen and oxygen atoms in total. The maximum atomic E-state index is 5.88. The number of hydrogen-bond acceptors (Lipinski definition) is 4. The van der Waals surface area contributed by atoms with E-state index in [1.165, 1.54) is 0 Å². The first-order valence-electron chi connectivity index (χ1n) is 6.97. The fraction of sp³-hybridized carbons (Fsp3) is 0.176. The molecule has 2 aromatic heterocycles.